The van der Waals surface area contributed by atoms with Crippen molar-refractivity contribution in [3.8, 4) is 5.75 Å². The van der Waals surface area contributed by atoms with Crippen molar-refractivity contribution in [1.29, 1.82) is 0 Å². The van der Waals surface area contributed by atoms with Gasteiger partial charge < -0.3 is 14.5 Å². The molecule has 6 nitrogen and oxygen atoms in total. The van der Waals surface area contributed by atoms with E-state index in [4.69, 9.17) is 0 Å². The van der Waals surface area contributed by atoms with Gasteiger partial charge in [-0.2, -0.15) is 17.6 Å². The fourth-order valence-electron chi connectivity index (χ4n) is 4.47. The Hall–Kier alpha value is -3.05. The number of likely N-dealkylation sites (tertiary alicyclic amines) is 1. The molecule has 0 N–H and O–H groups in total. The first-order valence-corrected chi connectivity index (χ1v) is 11.0. The Morgan fingerprint density at radius 1 is 1.09 bits per heavy atom. The van der Waals surface area contributed by atoms with Gasteiger partial charge in [0, 0.05) is 43.7 Å². The number of hydrogen-bond donors (Lipinski definition) is 0. The highest BCUT2D eigenvalue weighted by molar-refractivity contribution is 5.97. The Morgan fingerprint density at radius 2 is 1.71 bits per heavy atom. The van der Waals surface area contributed by atoms with Crippen LogP contribution in [0.1, 0.15) is 35.6 Å². The lowest BCUT2D eigenvalue weighted by atomic mass is 10.0. The number of aromatic nitrogens is 2. The Kier molecular flexibility index (Phi) is 6.35. The number of ether oxygens (including phenoxy) is 1. The molecule has 4 rings (SSSR count). The smallest absolute Gasteiger partial charge is 0.427 e. The number of hydrogen-bond acceptors (Lipinski definition) is 5. The third-order valence-electron chi connectivity index (χ3n) is 6.20. The first kappa shape index (κ1) is 25.1. The van der Waals surface area contributed by atoms with Crippen LogP contribution in [0, 0.1) is 24.6 Å². The molecule has 2 aliphatic heterocycles. The zero-order chi connectivity index (χ0) is 25.7. The van der Waals surface area contributed by atoms with E-state index < -0.39 is 41.2 Å². The number of carbonyl (C=O) groups is 1. The summed E-state index contributed by atoms with van der Waals surface area (Å²) in [7, 11) is 0. The van der Waals surface area contributed by atoms with Crippen LogP contribution in [0.3, 0.4) is 0 Å². The Morgan fingerprint density at radius 3 is 2.29 bits per heavy atom. The number of aryl methyl sites for hydroxylation is 1. The van der Waals surface area contributed by atoms with E-state index in [0.29, 0.717) is 24.7 Å². The van der Waals surface area contributed by atoms with Gasteiger partial charge in [0.25, 0.3) is 5.91 Å². The lowest BCUT2D eigenvalue weighted by Crippen LogP contribution is -2.37. The van der Waals surface area contributed by atoms with Gasteiger partial charge in [0.1, 0.15) is 22.8 Å². The van der Waals surface area contributed by atoms with Crippen molar-refractivity contribution in [3.63, 3.8) is 0 Å². The maximum Gasteiger partial charge on any atom is 0.461 e. The van der Waals surface area contributed by atoms with Crippen LogP contribution in [0.15, 0.2) is 24.3 Å². The van der Waals surface area contributed by atoms with Crippen molar-refractivity contribution >= 4 is 11.9 Å². The van der Waals surface area contributed by atoms with E-state index in [1.165, 1.54) is 18.7 Å². The lowest BCUT2D eigenvalue weighted by Gasteiger charge is -2.24. The summed E-state index contributed by atoms with van der Waals surface area (Å²) in [5.74, 6) is -2.75. The lowest BCUT2D eigenvalue weighted by molar-refractivity contribution is -0.253. The second-order valence-electron chi connectivity index (χ2n) is 9.38. The minimum Gasteiger partial charge on any atom is -0.427 e. The van der Waals surface area contributed by atoms with Crippen molar-refractivity contribution in [1.82, 2.24) is 14.9 Å². The second kappa shape index (κ2) is 8.87. The average molecular weight is 502 g/mol. The Balaban J connectivity index is 1.49. The molecule has 0 bridgehead atoms. The van der Waals surface area contributed by atoms with Gasteiger partial charge in [-0.05, 0) is 39.0 Å². The monoisotopic (exact) mass is 502 g/mol. The zero-order valence-corrected chi connectivity index (χ0v) is 19.2. The highest BCUT2D eigenvalue weighted by Gasteiger charge is 2.46. The number of benzene rings is 1. The maximum atomic E-state index is 14.5. The highest BCUT2D eigenvalue weighted by Crippen LogP contribution is 2.37. The molecule has 0 unspecified atom stereocenters. The fraction of sp³-hybridized carbons (Fsp3) is 0.522. The minimum atomic E-state index is -4.88. The third-order valence-corrected chi connectivity index (χ3v) is 6.20. The van der Waals surface area contributed by atoms with Crippen LogP contribution in [0.4, 0.5) is 32.3 Å². The van der Waals surface area contributed by atoms with Crippen molar-refractivity contribution in [3.05, 3.63) is 47.0 Å². The summed E-state index contributed by atoms with van der Waals surface area (Å²) in [6.45, 7) is 5.82. The first-order chi connectivity index (χ1) is 16.3. The third kappa shape index (κ3) is 5.01. The van der Waals surface area contributed by atoms with E-state index in [1.54, 1.807) is 13.0 Å². The summed E-state index contributed by atoms with van der Waals surface area (Å²) in [5, 5.41) is 0. The Bertz CT molecular complexity index is 1110. The van der Waals surface area contributed by atoms with E-state index in [0.717, 1.165) is 18.2 Å². The zero-order valence-electron chi connectivity index (χ0n) is 19.2. The van der Waals surface area contributed by atoms with Gasteiger partial charge in [-0.1, -0.05) is 6.07 Å². The van der Waals surface area contributed by atoms with Gasteiger partial charge in [0.2, 0.25) is 5.95 Å². The molecule has 35 heavy (non-hydrogen) atoms. The van der Waals surface area contributed by atoms with Gasteiger partial charge >= 0.3 is 12.5 Å². The largest absolute Gasteiger partial charge is 0.461 e. The van der Waals surface area contributed by atoms with Gasteiger partial charge in [-0.15, -0.1) is 0 Å². The SMILES string of the molecule is Cc1cc(C(C)(C)F)nc(N2C[C@H]3CN(C(=O)c4c(F)cccc4OC(F)(F)C(F)F)C[C@H]3C2)n1. The van der Waals surface area contributed by atoms with Crippen molar-refractivity contribution in [2.45, 2.75) is 39.0 Å². The van der Waals surface area contributed by atoms with Gasteiger partial charge in [-0.3, -0.25) is 4.79 Å². The summed E-state index contributed by atoms with van der Waals surface area (Å²) in [6.07, 6.45) is -9.04. The predicted molar refractivity (Wildman–Crippen MR) is 114 cm³/mol. The number of amides is 1. The number of fused-ring (bicyclic) bond motifs is 1. The average Bonchev–Trinajstić information content (AvgIpc) is 3.31. The number of rotatable bonds is 6. The number of anilines is 1. The summed E-state index contributed by atoms with van der Waals surface area (Å²) >= 11 is 0. The van der Waals surface area contributed by atoms with Crippen LogP contribution in [0.2, 0.25) is 0 Å². The minimum absolute atomic E-state index is 0.0523. The number of nitrogens with zero attached hydrogens (tertiary/aromatic N) is 4. The summed E-state index contributed by atoms with van der Waals surface area (Å²) in [6, 6.07) is 4.30. The molecule has 190 valence electrons. The molecule has 0 spiro atoms. The topological polar surface area (TPSA) is 58.6 Å². The molecule has 3 heterocycles. The maximum absolute atomic E-state index is 14.5. The molecular formula is C23H24F6N4O2. The van der Waals surface area contributed by atoms with Crippen LogP contribution in [0.5, 0.6) is 5.75 Å². The first-order valence-electron chi connectivity index (χ1n) is 11.0. The Labute approximate surface area is 197 Å². The molecule has 2 saturated heterocycles. The van der Waals surface area contributed by atoms with Crippen LogP contribution in [-0.4, -0.2) is 59.5 Å². The molecule has 2 fully saturated rings. The molecule has 2 aromatic rings. The predicted octanol–water partition coefficient (Wildman–Crippen LogP) is 4.57. The standard InChI is InChI=1S/C23H24F6N4O2/c1-12-7-17(22(2,3)27)31-21(30-12)33-10-13-8-32(9-14(13)11-33)19(34)18-15(24)5-4-6-16(18)35-23(28,29)20(25)26/h4-7,13-14,20H,8-11H2,1-3H3/t13-,14+. The molecule has 0 radical (unpaired) electrons. The van der Waals surface area contributed by atoms with E-state index in [9.17, 15) is 31.1 Å². The van der Waals surface area contributed by atoms with Gasteiger partial charge in [0.15, 0.2) is 0 Å². The molecule has 0 aliphatic carbocycles. The van der Waals surface area contributed by atoms with Crippen LogP contribution >= 0.6 is 0 Å². The highest BCUT2D eigenvalue weighted by atomic mass is 19.3. The molecule has 1 amide bonds. The normalized spacial score (nSPS) is 20.5. The molecule has 12 heteroatoms. The van der Waals surface area contributed by atoms with Crippen molar-refractivity contribution in [2.75, 3.05) is 31.1 Å². The fourth-order valence-corrected chi connectivity index (χ4v) is 4.47. The van der Waals surface area contributed by atoms with E-state index >= 15 is 0 Å². The van der Waals surface area contributed by atoms with Crippen LogP contribution < -0.4 is 9.64 Å². The molecule has 2 aliphatic rings. The quantitative estimate of drug-likeness (QED) is 0.542. The number of carbonyl (C=O) groups excluding carboxylic acids is 1. The van der Waals surface area contributed by atoms with Crippen molar-refractivity contribution < 1.29 is 35.9 Å². The van der Waals surface area contributed by atoms with Gasteiger partial charge in [0.05, 0.1) is 5.69 Å². The van der Waals surface area contributed by atoms with Crippen LogP contribution in [-0.2, 0) is 5.67 Å². The van der Waals surface area contributed by atoms with E-state index in [-0.39, 0.29) is 30.6 Å². The van der Waals surface area contributed by atoms with Gasteiger partial charge in [-0.25, -0.2) is 18.7 Å². The molecule has 1 aromatic carbocycles. The molecule has 2 atom stereocenters. The van der Waals surface area contributed by atoms with E-state index in [1.807, 2.05) is 4.90 Å². The van der Waals surface area contributed by atoms with E-state index in [2.05, 4.69) is 14.7 Å². The molecule has 0 saturated carbocycles. The summed E-state index contributed by atoms with van der Waals surface area (Å²) < 4.78 is 85.0. The second-order valence-corrected chi connectivity index (χ2v) is 9.38. The number of alkyl halides is 5. The van der Waals surface area contributed by atoms with Crippen molar-refractivity contribution in [2.24, 2.45) is 11.8 Å². The molecular weight excluding hydrogens is 478 g/mol. The number of halogens is 6. The molecule has 1 aromatic heterocycles. The summed E-state index contributed by atoms with van der Waals surface area (Å²) in [4.78, 5) is 25.0. The summed E-state index contributed by atoms with van der Waals surface area (Å²) in [5.41, 5.74) is -1.61. The van der Waals surface area contributed by atoms with Crippen LogP contribution in [0.25, 0.3) is 0 Å².